The number of nitrogens with zero attached hydrogens (tertiary/aromatic N) is 2. The van der Waals surface area contributed by atoms with Crippen LogP contribution in [0.25, 0.3) is 0 Å². The van der Waals surface area contributed by atoms with Crippen LogP contribution < -0.4 is 5.32 Å². The first-order valence-electron chi connectivity index (χ1n) is 6.09. The third-order valence-electron chi connectivity index (χ3n) is 2.25. The molecule has 1 aromatic carbocycles. The molecule has 2 aromatic rings. The maximum atomic E-state index is 13.4. The van der Waals surface area contributed by atoms with Crippen molar-refractivity contribution in [2.45, 2.75) is 20.0 Å². The van der Waals surface area contributed by atoms with Crippen molar-refractivity contribution in [2.24, 2.45) is 0 Å². The fourth-order valence-corrected chi connectivity index (χ4v) is 1.51. The highest BCUT2D eigenvalue weighted by Crippen LogP contribution is 2.35. The summed E-state index contributed by atoms with van der Waals surface area (Å²) < 4.78 is 64.3. The zero-order valence-corrected chi connectivity index (χ0v) is 12.2. The van der Waals surface area contributed by atoms with Crippen LogP contribution in [0.15, 0.2) is 24.4 Å². The average molecular weight is 340 g/mol. The maximum absolute atomic E-state index is 13.4. The van der Waals surface area contributed by atoms with Gasteiger partial charge in [0.05, 0.1) is 5.69 Å². The fourth-order valence-electron chi connectivity index (χ4n) is 1.38. The molecular weight excluding hydrogens is 329 g/mol. The van der Waals surface area contributed by atoms with Crippen LogP contribution in [0.5, 0.6) is 0 Å². The lowest BCUT2D eigenvalue weighted by molar-refractivity contribution is -0.137. The number of nitrogens with one attached hydrogen (secondary N) is 1. The van der Waals surface area contributed by atoms with Crippen molar-refractivity contribution >= 4 is 23.1 Å². The first kappa shape index (κ1) is 18.1. The van der Waals surface area contributed by atoms with Gasteiger partial charge in [-0.2, -0.15) is 18.2 Å². The van der Waals surface area contributed by atoms with Crippen LogP contribution >= 0.6 is 11.6 Å². The van der Waals surface area contributed by atoms with E-state index >= 15 is 0 Å². The highest BCUT2D eigenvalue weighted by molar-refractivity contribution is 6.28. The SMILES string of the molecule is CC.Fc1ccc(Nc2nc(Cl)ncc2C(F)(F)F)c(F)c1. The predicted octanol–water partition coefficient (Wildman–Crippen LogP) is 5.20. The van der Waals surface area contributed by atoms with Crippen LogP contribution in [0.3, 0.4) is 0 Å². The Morgan fingerprint density at radius 2 is 1.77 bits per heavy atom. The molecule has 3 nitrogen and oxygen atoms in total. The second-order valence-electron chi connectivity index (χ2n) is 3.65. The fraction of sp³-hybridized carbons (Fsp3) is 0.231. The lowest BCUT2D eigenvalue weighted by Crippen LogP contribution is -2.11. The number of benzene rings is 1. The molecule has 120 valence electrons. The van der Waals surface area contributed by atoms with Gasteiger partial charge in [0.15, 0.2) is 0 Å². The number of aromatic nitrogens is 2. The van der Waals surface area contributed by atoms with Crippen molar-refractivity contribution < 1.29 is 22.0 Å². The van der Waals surface area contributed by atoms with Gasteiger partial charge in [0.1, 0.15) is 23.0 Å². The smallest absolute Gasteiger partial charge is 0.337 e. The Hall–Kier alpha value is -1.96. The van der Waals surface area contributed by atoms with E-state index in [0.717, 1.165) is 12.1 Å². The molecule has 22 heavy (non-hydrogen) atoms. The lowest BCUT2D eigenvalue weighted by atomic mass is 10.2. The standard InChI is InChI=1S/C11H5ClF5N3.C2H6/c12-10-18-4-6(11(15,16)17)9(20-10)19-8-2-1-5(13)3-7(8)14;1-2/h1-4H,(H,18,19,20);1-2H3. The van der Waals surface area contributed by atoms with E-state index in [1.165, 1.54) is 0 Å². The molecule has 0 amide bonds. The number of rotatable bonds is 2. The van der Waals surface area contributed by atoms with Gasteiger partial charge in [0.2, 0.25) is 5.28 Å². The van der Waals surface area contributed by atoms with Gasteiger partial charge in [-0.15, -0.1) is 0 Å². The van der Waals surface area contributed by atoms with E-state index in [1.807, 2.05) is 13.8 Å². The molecule has 9 heteroatoms. The van der Waals surface area contributed by atoms with Gasteiger partial charge in [0, 0.05) is 12.3 Å². The zero-order chi connectivity index (χ0) is 16.9. The predicted molar refractivity (Wildman–Crippen MR) is 73.0 cm³/mol. The van der Waals surface area contributed by atoms with Crippen LogP contribution in [-0.4, -0.2) is 9.97 Å². The molecule has 0 spiro atoms. The molecule has 0 atom stereocenters. The van der Waals surface area contributed by atoms with Crippen molar-refractivity contribution in [3.05, 3.63) is 46.9 Å². The van der Waals surface area contributed by atoms with E-state index in [-0.39, 0.29) is 5.69 Å². The molecule has 0 saturated heterocycles. The summed E-state index contributed by atoms with van der Waals surface area (Å²) in [5, 5.41) is 1.68. The Morgan fingerprint density at radius 3 is 2.32 bits per heavy atom. The first-order chi connectivity index (χ1) is 10.3. The van der Waals surface area contributed by atoms with Crippen LogP contribution in [0, 0.1) is 11.6 Å². The van der Waals surface area contributed by atoms with Gasteiger partial charge in [-0.25, -0.2) is 13.8 Å². The first-order valence-corrected chi connectivity index (χ1v) is 6.47. The Labute approximate surface area is 128 Å². The maximum Gasteiger partial charge on any atom is 0.421 e. The molecule has 0 aliphatic rings. The third kappa shape index (κ3) is 4.52. The van der Waals surface area contributed by atoms with Crippen LogP contribution in [0.1, 0.15) is 19.4 Å². The number of halogens is 6. The highest BCUT2D eigenvalue weighted by atomic mass is 35.5. The van der Waals surface area contributed by atoms with Crippen LogP contribution in [0.2, 0.25) is 5.28 Å². The van der Waals surface area contributed by atoms with Crippen molar-refractivity contribution in [1.82, 2.24) is 9.97 Å². The van der Waals surface area contributed by atoms with Gasteiger partial charge in [-0.1, -0.05) is 13.8 Å². The summed E-state index contributed by atoms with van der Waals surface area (Å²) in [7, 11) is 0. The van der Waals surface area contributed by atoms with Gasteiger partial charge in [0.25, 0.3) is 0 Å². The normalized spacial score (nSPS) is 10.7. The minimum Gasteiger partial charge on any atom is -0.337 e. The Bertz CT molecular complexity index is 646. The third-order valence-corrected chi connectivity index (χ3v) is 2.43. The monoisotopic (exact) mass is 339 g/mol. The van der Waals surface area contributed by atoms with Gasteiger partial charge >= 0.3 is 6.18 Å². The second kappa shape index (κ2) is 7.35. The van der Waals surface area contributed by atoms with Crippen molar-refractivity contribution in [2.75, 3.05) is 5.32 Å². The summed E-state index contributed by atoms with van der Waals surface area (Å²) in [6.07, 6.45) is -4.28. The van der Waals surface area contributed by atoms with E-state index in [9.17, 15) is 22.0 Å². The van der Waals surface area contributed by atoms with Crippen molar-refractivity contribution in [3.8, 4) is 0 Å². The zero-order valence-electron chi connectivity index (χ0n) is 11.5. The van der Waals surface area contributed by atoms with E-state index in [2.05, 4.69) is 15.3 Å². The summed E-state index contributed by atoms with van der Waals surface area (Å²) >= 11 is 5.41. The molecule has 0 aliphatic carbocycles. The summed E-state index contributed by atoms with van der Waals surface area (Å²) in [6, 6.07) is 2.36. The van der Waals surface area contributed by atoms with E-state index in [0.29, 0.717) is 12.3 Å². The topological polar surface area (TPSA) is 37.8 Å². The van der Waals surface area contributed by atoms with Gasteiger partial charge in [-0.05, 0) is 23.7 Å². The molecule has 2 rings (SSSR count). The highest BCUT2D eigenvalue weighted by Gasteiger charge is 2.35. The molecule has 1 aromatic heterocycles. The molecular formula is C13H11ClF5N3. The molecule has 0 saturated carbocycles. The summed E-state index contributed by atoms with van der Waals surface area (Å²) in [5.74, 6) is -2.64. The average Bonchev–Trinajstić information content (AvgIpc) is 2.43. The molecule has 1 N–H and O–H groups in total. The summed E-state index contributed by atoms with van der Waals surface area (Å²) in [4.78, 5) is 6.59. The number of hydrogen-bond donors (Lipinski definition) is 1. The van der Waals surface area contributed by atoms with E-state index in [1.54, 1.807) is 0 Å². The largest absolute Gasteiger partial charge is 0.421 e. The minimum absolute atomic E-state index is 0.369. The summed E-state index contributed by atoms with van der Waals surface area (Å²) in [5.41, 5.74) is -1.59. The number of alkyl halides is 3. The Morgan fingerprint density at radius 1 is 1.14 bits per heavy atom. The van der Waals surface area contributed by atoms with Gasteiger partial charge < -0.3 is 5.32 Å². The van der Waals surface area contributed by atoms with Crippen LogP contribution in [-0.2, 0) is 6.18 Å². The Kier molecular flexibility index (Phi) is 6.04. The molecule has 0 bridgehead atoms. The molecule has 0 aliphatic heterocycles. The lowest BCUT2D eigenvalue weighted by Gasteiger charge is -2.13. The van der Waals surface area contributed by atoms with Crippen molar-refractivity contribution in [3.63, 3.8) is 0 Å². The van der Waals surface area contributed by atoms with E-state index in [4.69, 9.17) is 11.6 Å². The van der Waals surface area contributed by atoms with E-state index < -0.39 is 34.5 Å². The van der Waals surface area contributed by atoms with Crippen molar-refractivity contribution in [1.29, 1.82) is 0 Å². The summed E-state index contributed by atoms with van der Waals surface area (Å²) in [6.45, 7) is 4.00. The molecule has 0 fully saturated rings. The molecule has 0 radical (unpaired) electrons. The molecule has 0 unspecified atom stereocenters. The quantitative estimate of drug-likeness (QED) is 0.604. The minimum atomic E-state index is -4.75. The second-order valence-corrected chi connectivity index (χ2v) is 3.99. The van der Waals surface area contributed by atoms with Gasteiger partial charge in [-0.3, -0.25) is 0 Å². The number of hydrogen-bond acceptors (Lipinski definition) is 3. The number of anilines is 2. The van der Waals surface area contributed by atoms with Crippen LogP contribution in [0.4, 0.5) is 33.5 Å². The molecule has 1 heterocycles. The Balaban J connectivity index is 0.00000116.